The number of carbonyl (C=O) groups excluding carboxylic acids is 1. The Morgan fingerprint density at radius 2 is 1.91 bits per heavy atom. The minimum atomic E-state index is -0.203. The number of thioether (sulfide) groups is 1. The monoisotopic (exact) mass is 330 g/mol. The first-order valence-corrected chi connectivity index (χ1v) is 9.08. The predicted molar refractivity (Wildman–Crippen MR) is 90.8 cm³/mol. The van der Waals surface area contributed by atoms with Crippen LogP contribution in [-0.4, -0.2) is 31.2 Å². The van der Waals surface area contributed by atoms with Crippen LogP contribution in [-0.2, 0) is 0 Å². The molecule has 0 amide bonds. The number of carbonyl (C=O) groups is 1. The van der Waals surface area contributed by atoms with Crippen LogP contribution in [0.1, 0.15) is 61.0 Å². The number of Topliss-reactive ketones (excluding diaryl/α,β-unsaturated/α-hetero) is 1. The van der Waals surface area contributed by atoms with E-state index in [1.54, 1.807) is 0 Å². The number of tetrazole rings is 1. The zero-order valence-corrected chi connectivity index (χ0v) is 14.4. The van der Waals surface area contributed by atoms with Gasteiger partial charge in [-0.05, 0) is 37.1 Å². The van der Waals surface area contributed by atoms with E-state index in [0.29, 0.717) is 6.04 Å². The largest absolute Gasteiger partial charge is 0.293 e. The van der Waals surface area contributed by atoms with Gasteiger partial charge in [-0.3, -0.25) is 4.79 Å². The summed E-state index contributed by atoms with van der Waals surface area (Å²) in [5, 5.41) is 12.7. The normalized spacial score (nSPS) is 17.1. The summed E-state index contributed by atoms with van der Waals surface area (Å²) in [6.45, 7) is 3.94. The van der Waals surface area contributed by atoms with Gasteiger partial charge >= 0.3 is 0 Å². The Kier molecular flexibility index (Phi) is 5.10. The van der Waals surface area contributed by atoms with Gasteiger partial charge in [0, 0.05) is 5.56 Å². The quantitative estimate of drug-likeness (QED) is 0.615. The maximum atomic E-state index is 12.6. The molecule has 1 unspecified atom stereocenters. The van der Waals surface area contributed by atoms with E-state index in [-0.39, 0.29) is 11.0 Å². The Morgan fingerprint density at radius 3 is 2.61 bits per heavy atom. The van der Waals surface area contributed by atoms with Crippen molar-refractivity contribution in [2.45, 2.75) is 62.4 Å². The number of hydrogen-bond donors (Lipinski definition) is 0. The first-order valence-electron chi connectivity index (χ1n) is 8.20. The van der Waals surface area contributed by atoms with E-state index in [1.807, 2.05) is 42.8 Å². The molecule has 23 heavy (non-hydrogen) atoms. The molecule has 122 valence electrons. The summed E-state index contributed by atoms with van der Waals surface area (Å²) in [6, 6.07) is 8.09. The summed E-state index contributed by atoms with van der Waals surface area (Å²) in [5.41, 5.74) is 1.90. The van der Waals surface area contributed by atoms with Gasteiger partial charge in [0.2, 0.25) is 5.16 Å². The maximum Gasteiger partial charge on any atom is 0.210 e. The lowest BCUT2D eigenvalue weighted by Gasteiger charge is -2.22. The Morgan fingerprint density at radius 1 is 1.22 bits per heavy atom. The zero-order valence-electron chi connectivity index (χ0n) is 13.6. The van der Waals surface area contributed by atoms with Crippen LogP contribution in [0.25, 0.3) is 0 Å². The van der Waals surface area contributed by atoms with Crippen LogP contribution in [0, 0.1) is 6.92 Å². The second-order valence-corrected chi connectivity index (χ2v) is 7.50. The van der Waals surface area contributed by atoms with Crippen molar-refractivity contribution in [1.29, 1.82) is 0 Å². The molecule has 0 spiro atoms. The van der Waals surface area contributed by atoms with E-state index in [2.05, 4.69) is 15.5 Å². The van der Waals surface area contributed by atoms with Crippen molar-refractivity contribution in [3.63, 3.8) is 0 Å². The van der Waals surface area contributed by atoms with Crippen molar-refractivity contribution in [3.8, 4) is 0 Å². The molecular formula is C17H22N4OS. The fourth-order valence-electron chi connectivity index (χ4n) is 2.98. The van der Waals surface area contributed by atoms with Gasteiger partial charge in [0.1, 0.15) is 0 Å². The minimum absolute atomic E-state index is 0.119. The van der Waals surface area contributed by atoms with Crippen LogP contribution < -0.4 is 0 Å². The average Bonchev–Trinajstić information content (AvgIpc) is 3.04. The summed E-state index contributed by atoms with van der Waals surface area (Å²) >= 11 is 1.45. The molecule has 5 nitrogen and oxygen atoms in total. The molecule has 1 aromatic heterocycles. The summed E-state index contributed by atoms with van der Waals surface area (Å²) in [7, 11) is 0. The molecule has 0 radical (unpaired) electrons. The number of aryl methyl sites for hydroxylation is 1. The highest BCUT2D eigenvalue weighted by Crippen LogP contribution is 2.32. The molecule has 0 aliphatic heterocycles. The first kappa shape index (κ1) is 16.2. The van der Waals surface area contributed by atoms with Crippen molar-refractivity contribution in [2.75, 3.05) is 0 Å². The highest BCUT2D eigenvalue weighted by atomic mass is 32.2. The Balaban J connectivity index is 1.70. The smallest absolute Gasteiger partial charge is 0.210 e. The first-order chi connectivity index (χ1) is 11.1. The fraction of sp³-hybridized carbons (Fsp3) is 0.529. The molecule has 1 fully saturated rings. The minimum Gasteiger partial charge on any atom is -0.293 e. The van der Waals surface area contributed by atoms with Crippen LogP contribution in [0.15, 0.2) is 29.4 Å². The van der Waals surface area contributed by atoms with E-state index in [0.717, 1.165) is 29.1 Å². The molecule has 1 aliphatic rings. The second-order valence-electron chi connectivity index (χ2n) is 6.19. The van der Waals surface area contributed by atoms with Gasteiger partial charge in [-0.1, -0.05) is 60.9 Å². The summed E-state index contributed by atoms with van der Waals surface area (Å²) < 4.78 is 1.92. The molecular weight excluding hydrogens is 308 g/mol. The van der Waals surface area contributed by atoms with Crippen LogP contribution in [0.5, 0.6) is 0 Å². The van der Waals surface area contributed by atoms with Crippen molar-refractivity contribution in [3.05, 3.63) is 35.4 Å². The van der Waals surface area contributed by atoms with E-state index in [9.17, 15) is 4.79 Å². The highest BCUT2D eigenvalue weighted by Gasteiger charge is 2.24. The predicted octanol–water partition coefficient (Wildman–Crippen LogP) is 3.85. The molecule has 1 aliphatic carbocycles. The van der Waals surface area contributed by atoms with Gasteiger partial charge in [0.15, 0.2) is 5.78 Å². The number of ketones is 1. The van der Waals surface area contributed by atoms with Crippen molar-refractivity contribution >= 4 is 17.5 Å². The lowest BCUT2D eigenvalue weighted by molar-refractivity contribution is 0.0993. The van der Waals surface area contributed by atoms with Crippen LogP contribution >= 0.6 is 11.8 Å². The average molecular weight is 330 g/mol. The number of benzene rings is 1. The Labute approximate surface area is 140 Å². The topological polar surface area (TPSA) is 60.7 Å². The van der Waals surface area contributed by atoms with Gasteiger partial charge in [-0.15, -0.1) is 5.10 Å². The third-order valence-electron chi connectivity index (χ3n) is 4.37. The molecule has 0 bridgehead atoms. The Hall–Kier alpha value is -1.69. The molecule has 3 rings (SSSR count). The van der Waals surface area contributed by atoms with E-state index < -0.39 is 0 Å². The third-order valence-corrected chi connectivity index (χ3v) is 5.42. The van der Waals surface area contributed by atoms with Crippen molar-refractivity contribution in [1.82, 2.24) is 20.2 Å². The fourth-order valence-corrected chi connectivity index (χ4v) is 3.92. The van der Waals surface area contributed by atoms with Gasteiger partial charge in [0.05, 0.1) is 11.3 Å². The van der Waals surface area contributed by atoms with E-state index >= 15 is 0 Å². The standard InChI is InChI=1S/C17H22N4OS/c1-12-8-10-14(11-9-12)16(22)13(2)23-17-18-19-20-21(17)15-6-4-3-5-7-15/h8-11,13,15H,3-7H2,1-2H3. The molecule has 0 saturated heterocycles. The van der Waals surface area contributed by atoms with Gasteiger partial charge in [-0.25, -0.2) is 4.68 Å². The molecule has 2 aromatic rings. The highest BCUT2D eigenvalue weighted by molar-refractivity contribution is 8.00. The van der Waals surface area contributed by atoms with Crippen molar-refractivity contribution in [2.24, 2.45) is 0 Å². The van der Waals surface area contributed by atoms with Crippen molar-refractivity contribution < 1.29 is 4.79 Å². The second kappa shape index (κ2) is 7.25. The lowest BCUT2D eigenvalue weighted by Crippen LogP contribution is -2.18. The van der Waals surface area contributed by atoms with Gasteiger partial charge in [-0.2, -0.15) is 0 Å². The molecule has 0 N–H and O–H groups in total. The lowest BCUT2D eigenvalue weighted by atomic mass is 9.96. The summed E-state index contributed by atoms with van der Waals surface area (Å²) in [6.07, 6.45) is 6.00. The number of rotatable bonds is 5. The van der Waals surface area contributed by atoms with E-state index in [1.165, 1.54) is 31.0 Å². The zero-order chi connectivity index (χ0) is 16.2. The SMILES string of the molecule is Cc1ccc(C(=O)C(C)Sc2nnnn2C2CCCCC2)cc1. The van der Waals surface area contributed by atoms with Crippen LogP contribution in [0.2, 0.25) is 0 Å². The van der Waals surface area contributed by atoms with Crippen LogP contribution in [0.3, 0.4) is 0 Å². The van der Waals surface area contributed by atoms with Gasteiger partial charge < -0.3 is 0 Å². The molecule has 1 heterocycles. The third kappa shape index (κ3) is 3.80. The van der Waals surface area contributed by atoms with E-state index in [4.69, 9.17) is 0 Å². The number of aromatic nitrogens is 4. The summed E-state index contributed by atoms with van der Waals surface area (Å²) in [5.74, 6) is 0.119. The maximum absolute atomic E-state index is 12.6. The summed E-state index contributed by atoms with van der Waals surface area (Å²) in [4.78, 5) is 12.6. The van der Waals surface area contributed by atoms with Crippen LogP contribution in [0.4, 0.5) is 0 Å². The molecule has 6 heteroatoms. The number of hydrogen-bond acceptors (Lipinski definition) is 5. The van der Waals surface area contributed by atoms with Gasteiger partial charge in [0.25, 0.3) is 0 Å². The molecule has 1 aromatic carbocycles. The molecule has 1 atom stereocenters. The Bertz CT molecular complexity index is 661. The molecule has 1 saturated carbocycles. The number of nitrogens with zero attached hydrogens (tertiary/aromatic N) is 4.